The van der Waals surface area contributed by atoms with Crippen molar-refractivity contribution in [3.8, 4) is 5.69 Å². The zero-order valence-corrected chi connectivity index (χ0v) is 14.0. The van der Waals surface area contributed by atoms with Crippen molar-refractivity contribution in [1.82, 2.24) is 19.9 Å². The fourth-order valence-corrected chi connectivity index (χ4v) is 3.12. The van der Waals surface area contributed by atoms with Crippen LogP contribution in [0.15, 0.2) is 24.3 Å². The molecule has 7 heteroatoms. The van der Waals surface area contributed by atoms with Crippen molar-refractivity contribution in [2.45, 2.75) is 38.8 Å². The highest BCUT2D eigenvalue weighted by atomic mass is 35.5. The van der Waals surface area contributed by atoms with E-state index in [9.17, 15) is 4.79 Å². The van der Waals surface area contributed by atoms with E-state index in [4.69, 9.17) is 17.3 Å². The second-order valence-corrected chi connectivity index (χ2v) is 6.47. The van der Waals surface area contributed by atoms with E-state index in [1.807, 2.05) is 24.0 Å². The van der Waals surface area contributed by atoms with Gasteiger partial charge in [-0.15, -0.1) is 5.10 Å². The van der Waals surface area contributed by atoms with Crippen LogP contribution in [0.2, 0.25) is 5.02 Å². The molecule has 0 saturated carbocycles. The van der Waals surface area contributed by atoms with Gasteiger partial charge < -0.3 is 10.6 Å². The van der Waals surface area contributed by atoms with Gasteiger partial charge in [-0.3, -0.25) is 4.79 Å². The Balaban J connectivity index is 1.87. The number of benzene rings is 1. The Morgan fingerprint density at radius 2 is 2.17 bits per heavy atom. The van der Waals surface area contributed by atoms with Crippen molar-refractivity contribution in [1.29, 1.82) is 0 Å². The first-order valence-electron chi connectivity index (χ1n) is 7.72. The first-order valence-corrected chi connectivity index (χ1v) is 8.10. The molecule has 1 aliphatic heterocycles. The van der Waals surface area contributed by atoms with Crippen LogP contribution in [-0.4, -0.2) is 44.4 Å². The number of rotatable bonds is 2. The van der Waals surface area contributed by atoms with Crippen molar-refractivity contribution in [2.75, 3.05) is 6.54 Å². The SMILES string of the molecule is Cc1nn(-c2cccc(Cl)c2)nc1C(=O)N1CC[C@H](N)C[C@@H]1C. The van der Waals surface area contributed by atoms with E-state index in [-0.39, 0.29) is 18.0 Å². The molecular weight excluding hydrogens is 314 g/mol. The van der Waals surface area contributed by atoms with Crippen LogP contribution in [0.5, 0.6) is 0 Å². The van der Waals surface area contributed by atoms with Gasteiger partial charge in [-0.25, -0.2) is 0 Å². The molecular formula is C16H20ClN5O. The third-order valence-corrected chi connectivity index (χ3v) is 4.44. The summed E-state index contributed by atoms with van der Waals surface area (Å²) in [4.78, 5) is 16.1. The first kappa shape index (κ1) is 16.0. The van der Waals surface area contributed by atoms with Gasteiger partial charge in [-0.2, -0.15) is 9.90 Å². The highest BCUT2D eigenvalue weighted by Gasteiger charge is 2.30. The van der Waals surface area contributed by atoms with Gasteiger partial charge in [0.25, 0.3) is 5.91 Å². The molecule has 1 aromatic carbocycles. The van der Waals surface area contributed by atoms with E-state index in [2.05, 4.69) is 10.2 Å². The molecule has 0 radical (unpaired) electrons. The summed E-state index contributed by atoms with van der Waals surface area (Å²) in [5, 5.41) is 9.33. The van der Waals surface area contributed by atoms with E-state index < -0.39 is 0 Å². The highest BCUT2D eigenvalue weighted by molar-refractivity contribution is 6.30. The maximum Gasteiger partial charge on any atom is 0.276 e. The quantitative estimate of drug-likeness (QED) is 0.913. The van der Waals surface area contributed by atoms with Crippen LogP contribution in [0.3, 0.4) is 0 Å². The molecule has 1 aromatic heterocycles. The van der Waals surface area contributed by atoms with Crippen LogP contribution in [0, 0.1) is 6.92 Å². The molecule has 2 aromatic rings. The van der Waals surface area contributed by atoms with Crippen molar-refractivity contribution >= 4 is 17.5 Å². The lowest BCUT2D eigenvalue weighted by Crippen LogP contribution is -2.48. The molecule has 23 heavy (non-hydrogen) atoms. The van der Waals surface area contributed by atoms with E-state index in [1.54, 1.807) is 19.1 Å². The van der Waals surface area contributed by atoms with E-state index in [0.29, 0.717) is 23.0 Å². The normalized spacial score (nSPS) is 21.5. The molecule has 2 atom stereocenters. The van der Waals surface area contributed by atoms with Gasteiger partial charge >= 0.3 is 0 Å². The topological polar surface area (TPSA) is 77.0 Å². The number of likely N-dealkylation sites (tertiary alicyclic amines) is 1. The summed E-state index contributed by atoms with van der Waals surface area (Å²) in [6.07, 6.45) is 1.63. The maximum atomic E-state index is 12.8. The smallest absolute Gasteiger partial charge is 0.276 e. The highest BCUT2D eigenvalue weighted by Crippen LogP contribution is 2.20. The fraction of sp³-hybridized carbons (Fsp3) is 0.438. The molecule has 2 heterocycles. The van der Waals surface area contributed by atoms with Crippen molar-refractivity contribution in [2.24, 2.45) is 5.73 Å². The number of carbonyl (C=O) groups excluding carboxylic acids is 1. The molecule has 0 unspecified atom stereocenters. The summed E-state index contributed by atoms with van der Waals surface area (Å²) < 4.78 is 0. The number of amides is 1. The lowest BCUT2D eigenvalue weighted by molar-refractivity contribution is 0.0611. The van der Waals surface area contributed by atoms with Gasteiger partial charge in [0.15, 0.2) is 5.69 Å². The Morgan fingerprint density at radius 1 is 1.39 bits per heavy atom. The molecule has 1 fully saturated rings. The Bertz CT molecular complexity index is 729. The van der Waals surface area contributed by atoms with Crippen LogP contribution < -0.4 is 5.73 Å². The summed E-state index contributed by atoms with van der Waals surface area (Å²) in [7, 11) is 0. The molecule has 0 bridgehead atoms. The Hall–Kier alpha value is -1.92. The third-order valence-electron chi connectivity index (χ3n) is 4.20. The number of nitrogens with zero attached hydrogens (tertiary/aromatic N) is 4. The summed E-state index contributed by atoms with van der Waals surface area (Å²) in [5.74, 6) is -0.0878. The molecule has 6 nitrogen and oxygen atoms in total. The lowest BCUT2D eigenvalue weighted by atomic mass is 9.99. The summed E-state index contributed by atoms with van der Waals surface area (Å²) >= 11 is 6.00. The van der Waals surface area contributed by atoms with Gasteiger partial charge in [0.2, 0.25) is 0 Å². The molecule has 3 rings (SSSR count). The summed E-state index contributed by atoms with van der Waals surface area (Å²) in [6.45, 7) is 4.47. The van der Waals surface area contributed by atoms with Gasteiger partial charge in [0.1, 0.15) is 0 Å². The van der Waals surface area contributed by atoms with E-state index in [1.165, 1.54) is 4.80 Å². The second kappa shape index (κ2) is 6.29. The minimum absolute atomic E-state index is 0.0878. The summed E-state index contributed by atoms with van der Waals surface area (Å²) in [6, 6.07) is 7.50. The lowest BCUT2D eigenvalue weighted by Gasteiger charge is -2.35. The molecule has 122 valence electrons. The molecule has 0 spiro atoms. The minimum atomic E-state index is -0.0878. The van der Waals surface area contributed by atoms with Crippen LogP contribution >= 0.6 is 11.6 Å². The summed E-state index contributed by atoms with van der Waals surface area (Å²) in [5.41, 5.74) is 7.69. The van der Waals surface area contributed by atoms with E-state index >= 15 is 0 Å². The fourth-order valence-electron chi connectivity index (χ4n) is 2.94. The maximum absolute atomic E-state index is 12.8. The van der Waals surface area contributed by atoms with Crippen LogP contribution in [0.25, 0.3) is 5.69 Å². The number of piperidine rings is 1. The second-order valence-electron chi connectivity index (χ2n) is 6.04. The van der Waals surface area contributed by atoms with Crippen molar-refractivity contribution in [3.05, 3.63) is 40.7 Å². The zero-order chi connectivity index (χ0) is 16.6. The number of carbonyl (C=O) groups is 1. The average molecular weight is 334 g/mol. The number of aryl methyl sites for hydroxylation is 1. The number of halogens is 1. The molecule has 1 aliphatic rings. The largest absolute Gasteiger partial charge is 0.334 e. The van der Waals surface area contributed by atoms with Gasteiger partial charge in [-0.1, -0.05) is 17.7 Å². The minimum Gasteiger partial charge on any atom is -0.334 e. The zero-order valence-electron chi connectivity index (χ0n) is 13.2. The number of nitrogens with two attached hydrogens (primary N) is 1. The molecule has 0 aliphatic carbocycles. The Labute approximate surface area is 140 Å². The van der Waals surface area contributed by atoms with Crippen LogP contribution in [0.1, 0.15) is 35.9 Å². The monoisotopic (exact) mass is 333 g/mol. The predicted octanol–water partition coefficient (Wildman–Crippen LogP) is 2.18. The van der Waals surface area contributed by atoms with E-state index in [0.717, 1.165) is 18.5 Å². The average Bonchev–Trinajstić information content (AvgIpc) is 2.89. The standard InChI is InChI=1S/C16H20ClN5O/c1-10-8-13(18)6-7-21(10)16(23)15-11(2)19-22(20-15)14-5-3-4-12(17)9-14/h3-5,9-10,13H,6-8,18H2,1-2H3/t10-,13-/m0/s1. The molecule has 2 N–H and O–H groups in total. The van der Waals surface area contributed by atoms with Crippen molar-refractivity contribution < 1.29 is 4.79 Å². The number of hydrogen-bond acceptors (Lipinski definition) is 4. The van der Waals surface area contributed by atoms with Gasteiger partial charge in [-0.05, 0) is 44.9 Å². The number of aromatic nitrogens is 3. The Morgan fingerprint density at radius 3 is 2.87 bits per heavy atom. The third kappa shape index (κ3) is 3.23. The van der Waals surface area contributed by atoms with Crippen molar-refractivity contribution in [3.63, 3.8) is 0 Å². The van der Waals surface area contributed by atoms with Gasteiger partial charge in [0.05, 0.1) is 11.4 Å². The predicted molar refractivity (Wildman–Crippen MR) is 88.8 cm³/mol. The molecule has 1 saturated heterocycles. The van der Waals surface area contributed by atoms with Crippen LogP contribution in [0.4, 0.5) is 0 Å². The van der Waals surface area contributed by atoms with Crippen LogP contribution in [-0.2, 0) is 0 Å². The number of hydrogen-bond donors (Lipinski definition) is 1. The van der Waals surface area contributed by atoms with Gasteiger partial charge in [0, 0.05) is 23.7 Å². The molecule has 1 amide bonds. The Kier molecular flexibility index (Phi) is 4.37. The first-order chi connectivity index (χ1) is 11.0.